The molecule has 0 aromatic carbocycles. The van der Waals surface area contributed by atoms with Crippen LogP contribution in [0, 0.1) is 0 Å². The number of fused-ring (bicyclic) bond motifs is 1. The zero-order valence-electron chi connectivity index (χ0n) is 11.4. The van der Waals surface area contributed by atoms with Crippen molar-refractivity contribution in [2.24, 2.45) is 0 Å². The van der Waals surface area contributed by atoms with Crippen LogP contribution in [0.25, 0.3) is 0 Å². The Balaban J connectivity index is 1.70. The molecule has 6 nitrogen and oxygen atoms in total. The standard InChI is InChI=1S/C12H21N3O3S2/c16-9-13-5-3-1-2-4-6-15-11-8-20(17,18)7-10(11)14-12(15)19/h9-11H,1-8H2,(H,13,16)(H,14,19)/t10-,11-/m0/s1. The summed E-state index contributed by atoms with van der Waals surface area (Å²) in [7, 11) is -2.91. The molecule has 0 bridgehead atoms. The molecule has 0 aliphatic carbocycles. The van der Waals surface area contributed by atoms with Crippen LogP contribution in [0.15, 0.2) is 0 Å². The van der Waals surface area contributed by atoms with Crippen LogP contribution in [0.1, 0.15) is 25.7 Å². The number of carbonyl (C=O) groups is 1. The summed E-state index contributed by atoms with van der Waals surface area (Å²) in [6, 6.07) is -0.00600. The van der Waals surface area contributed by atoms with E-state index in [-0.39, 0.29) is 23.6 Å². The molecule has 0 spiro atoms. The van der Waals surface area contributed by atoms with Crippen LogP contribution in [0.2, 0.25) is 0 Å². The maximum Gasteiger partial charge on any atom is 0.207 e. The average Bonchev–Trinajstić information content (AvgIpc) is 2.80. The Kier molecular flexibility index (Phi) is 5.20. The Labute approximate surface area is 125 Å². The largest absolute Gasteiger partial charge is 0.359 e. The molecular formula is C12H21N3O3S2. The quantitative estimate of drug-likeness (QED) is 0.362. The lowest BCUT2D eigenvalue weighted by Crippen LogP contribution is -2.37. The van der Waals surface area contributed by atoms with Gasteiger partial charge in [0, 0.05) is 13.1 Å². The van der Waals surface area contributed by atoms with Crippen molar-refractivity contribution in [1.29, 1.82) is 0 Å². The van der Waals surface area contributed by atoms with Crippen molar-refractivity contribution in [2.75, 3.05) is 24.6 Å². The van der Waals surface area contributed by atoms with Gasteiger partial charge in [0.2, 0.25) is 6.41 Å². The number of hydrogen-bond donors (Lipinski definition) is 2. The first-order valence-corrected chi connectivity index (χ1v) is 9.21. The summed E-state index contributed by atoms with van der Waals surface area (Å²) in [5, 5.41) is 6.45. The second-order valence-corrected chi connectivity index (χ2v) is 7.92. The van der Waals surface area contributed by atoms with Gasteiger partial charge in [-0.15, -0.1) is 0 Å². The van der Waals surface area contributed by atoms with Crippen molar-refractivity contribution in [2.45, 2.75) is 37.8 Å². The number of nitrogens with one attached hydrogen (secondary N) is 2. The Hall–Kier alpha value is -0.890. The molecule has 0 aromatic rings. The van der Waals surface area contributed by atoms with Gasteiger partial charge in [-0.1, -0.05) is 12.8 Å². The topological polar surface area (TPSA) is 78.5 Å². The molecule has 2 aliphatic rings. The minimum Gasteiger partial charge on any atom is -0.359 e. The van der Waals surface area contributed by atoms with Crippen molar-refractivity contribution < 1.29 is 13.2 Å². The number of sulfone groups is 1. The molecule has 114 valence electrons. The van der Waals surface area contributed by atoms with Gasteiger partial charge in [0.15, 0.2) is 14.9 Å². The van der Waals surface area contributed by atoms with Crippen molar-refractivity contribution >= 4 is 33.6 Å². The molecule has 2 aliphatic heterocycles. The molecule has 0 saturated carbocycles. The Morgan fingerprint density at radius 2 is 2.05 bits per heavy atom. The first-order chi connectivity index (χ1) is 9.53. The van der Waals surface area contributed by atoms with Gasteiger partial charge < -0.3 is 15.5 Å². The number of carbonyl (C=O) groups excluding carboxylic acids is 1. The van der Waals surface area contributed by atoms with E-state index in [0.29, 0.717) is 5.11 Å². The number of hydrogen-bond acceptors (Lipinski definition) is 4. The second-order valence-electron chi connectivity index (χ2n) is 5.38. The van der Waals surface area contributed by atoms with Crippen LogP contribution in [0.3, 0.4) is 0 Å². The number of unbranched alkanes of at least 4 members (excludes halogenated alkanes) is 3. The third-order valence-electron chi connectivity index (χ3n) is 3.85. The van der Waals surface area contributed by atoms with Gasteiger partial charge in [-0.2, -0.15) is 0 Å². The summed E-state index contributed by atoms with van der Waals surface area (Å²) in [4.78, 5) is 12.1. The molecule has 8 heteroatoms. The van der Waals surface area contributed by atoms with Gasteiger partial charge in [-0.3, -0.25) is 4.79 Å². The highest BCUT2D eigenvalue weighted by molar-refractivity contribution is 7.91. The first-order valence-electron chi connectivity index (χ1n) is 6.98. The molecular weight excluding hydrogens is 298 g/mol. The van der Waals surface area contributed by atoms with Crippen LogP contribution >= 0.6 is 12.2 Å². The molecule has 0 unspecified atom stereocenters. The van der Waals surface area contributed by atoms with Gasteiger partial charge in [-0.05, 0) is 25.1 Å². The van der Waals surface area contributed by atoms with Crippen molar-refractivity contribution in [3.8, 4) is 0 Å². The molecule has 2 heterocycles. The fourth-order valence-corrected chi connectivity index (χ4v) is 5.15. The maximum absolute atomic E-state index is 11.6. The van der Waals surface area contributed by atoms with E-state index in [9.17, 15) is 13.2 Å². The molecule has 2 saturated heterocycles. The molecule has 2 fully saturated rings. The zero-order chi connectivity index (χ0) is 14.6. The lowest BCUT2D eigenvalue weighted by molar-refractivity contribution is -0.109. The summed E-state index contributed by atoms with van der Waals surface area (Å²) < 4.78 is 23.3. The maximum atomic E-state index is 11.6. The lowest BCUT2D eigenvalue weighted by atomic mass is 10.1. The Bertz CT molecular complexity index is 467. The number of amides is 1. The van der Waals surface area contributed by atoms with Crippen LogP contribution in [-0.2, 0) is 14.6 Å². The van der Waals surface area contributed by atoms with Crippen LogP contribution < -0.4 is 10.6 Å². The third-order valence-corrected chi connectivity index (χ3v) is 5.91. The number of thiocarbonyl (C=S) groups is 1. The second kappa shape index (κ2) is 6.71. The first kappa shape index (κ1) is 15.5. The van der Waals surface area contributed by atoms with E-state index >= 15 is 0 Å². The summed E-state index contributed by atoms with van der Waals surface area (Å²) in [5.41, 5.74) is 0. The van der Waals surface area contributed by atoms with E-state index in [2.05, 4.69) is 10.6 Å². The van der Waals surface area contributed by atoms with E-state index < -0.39 is 9.84 Å². The minimum absolute atomic E-state index is 0.0178. The molecule has 2 N–H and O–H groups in total. The predicted octanol–water partition coefficient (Wildman–Crippen LogP) is -0.351. The van der Waals surface area contributed by atoms with Crippen LogP contribution in [0.4, 0.5) is 0 Å². The molecule has 2 rings (SSSR count). The smallest absolute Gasteiger partial charge is 0.207 e. The monoisotopic (exact) mass is 319 g/mol. The van der Waals surface area contributed by atoms with Crippen molar-refractivity contribution in [3.05, 3.63) is 0 Å². The fourth-order valence-electron chi connectivity index (χ4n) is 2.86. The average molecular weight is 319 g/mol. The Morgan fingerprint density at radius 1 is 1.30 bits per heavy atom. The minimum atomic E-state index is -2.91. The molecule has 1 amide bonds. The molecule has 2 atom stereocenters. The predicted molar refractivity (Wildman–Crippen MR) is 81.2 cm³/mol. The summed E-state index contributed by atoms with van der Waals surface area (Å²) in [6.07, 6.45) is 4.80. The van der Waals surface area contributed by atoms with Crippen molar-refractivity contribution in [3.63, 3.8) is 0 Å². The number of rotatable bonds is 8. The molecule has 0 aromatic heterocycles. The lowest BCUT2D eigenvalue weighted by Gasteiger charge is -2.23. The van der Waals surface area contributed by atoms with Gasteiger partial charge in [-0.25, -0.2) is 8.42 Å². The van der Waals surface area contributed by atoms with E-state index in [4.69, 9.17) is 12.2 Å². The van der Waals surface area contributed by atoms with Crippen LogP contribution in [0.5, 0.6) is 0 Å². The summed E-state index contributed by atoms with van der Waals surface area (Å²) in [5.74, 6) is 0.416. The fraction of sp³-hybridized carbons (Fsp3) is 0.833. The zero-order valence-corrected chi connectivity index (χ0v) is 13.0. The summed E-state index contributed by atoms with van der Waals surface area (Å²) in [6.45, 7) is 1.53. The molecule has 0 radical (unpaired) electrons. The van der Waals surface area contributed by atoms with Gasteiger partial charge in [0.05, 0.1) is 23.6 Å². The Morgan fingerprint density at radius 3 is 2.80 bits per heavy atom. The number of nitrogens with zero attached hydrogens (tertiary/aromatic N) is 1. The van der Waals surface area contributed by atoms with E-state index in [0.717, 1.165) is 45.2 Å². The highest BCUT2D eigenvalue weighted by Gasteiger charge is 2.46. The molecule has 20 heavy (non-hydrogen) atoms. The van der Waals surface area contributed by atoms with E-state index in [1.165, 1.54) is 0 Å². The highest BCUT2D eigenvalue weighted by Crippen LogP contribution is 2.24. The van der Waals surface area contributed by atoms with Gasteiger partial charge in [0.25, 0.3) is 0 Å². The highest BCUT2D eigenvalue weighted by atomic mass is 32.2. The van der Waals surface area contributed by atoms with Gasteiger partial charge in [0.1, 0.15) is 0 Å². The SMILES string of the molecule is O=CNCCCCCCN1C(=S)N[C@H]2CS(=O)(=O)C[C@@H]21. The summed E-state index contributed by atoms with van der Waals surface area (Å²) >= 11 is 5.28. The van der Waals surface area contributed by atoms with E-state index in [1.54, 1.807) is 0 Å². The van der Waals surface area contributed by atoms with Gasteiger partial charge >= 0.3 is 0 Å². The van der Waals surface area contributed by atoms with Crippen LogP contribution in [-0.4, -0.2) is 61.5 Å². The normalized spacial score (nSPS) is 27.2. The third kappa shape index (κ3) is 3.82. The van der Waals surface area contributed by atoms with E-state index in [1.807, 2.05) is 4.90 Å². The van der Waals surface area contributed by atoms with Crippen molar-refractivity contribution in [1.82, 2.24) is 15.5 Å².